The number of para-hydroxylation sites is 1. The third kappa shape index (κ3) is 15.5. The number of hydrogen-bond acceptors (Lipinski definition) is 10. The van der Waals surface area contributed by atoms with E-state index in [-0.39, 0.29) is 57.5 Å². The zero-order valence-corrected chi connectivity index (χ0v) is 39.1. The van der Waals surface area contributed by atoms with Crippen LogP contribution in [0, 0.1) is 0 Å². The van der Waals surface area contributed by atoms with Crippen molar-refractivity contribution < 1.29 is 38.4 Å². The molecule has 1 aliphatic heterocycles. The van der Waals surface area contributed by atoms with E-state index in [9.17, 15) is 38.4 Å². The van der Waals surface area contributed by atoms with Gasteiger partial charge < -0.3 is 64.4 Å². The van der Waals surface area contributed by atoms with Crippen molar-refractivity contribution in [3.63, 3.8) is 0 Å². The lowest BCUT2D eigenvalue weighted by molar-refractivity contribution is -0.135. The number of carbonyl (C=O) groups is 8. The molecule has 1 fully saturated rings. The van der Waals surface area contributed by atoms with E-state index >= 15 is 0 Å². The Kier molecular flexibility index (Phi) is 18.4. The van der Waals surface area contributed by atoms with E-state index in [1.54, 1.807) is 66.9 Å². The van der Waals surface area contributed by atoms with Gasteiger partial charge in [0.25, 0.3) is 0 Å². The summed E-state index contributed by atoms with van der Waals surface area (Å²) >= 11 is 0. The minimum atomic E-state index is -1.41. The summed E-state index contributed by atoms with van der Waals surface area (Å²) in [4.78, 5) is 126. The molecule has 22 nitrogen and oxygen atoms in total. The fourth-order valence-corrected chi connectivity index (χ4v) is 8.04. The first-order chi connectivity index (χ1) is 34.1. The lowest BCUT2D eigenvalue weighted by Gasteiger charge is -2.27. The maximum atomic E-state index is 14.7. The van der Waals surface area contributed by atoms with Crippen LogP contribution in [0.2, 0.25) is 0 Å². The summed E-state index contributed by atoms with van der Waals surface area (Å²) in [5.41, 5.74) is 20.0. The molecule has 3 aromatic carbocycles. The molecule has 7 atom stereocenters. The van der Waals surface area contributed by atoms with E-state index in [1.165, 1.54) is 19.4 Å². The van der Waals surface area contributed by atoms with Gasteiger partial charge in [-0.25, -0.2) is 4.98 Å². The van der Waals surface area contributed by atoms with Crippen LogP contribution in [0.4, 0.5) is 0 Å². The first-order valence-electron chi connectivity index (χ1n) is 23.2. The van der Waals surface area contributed by atoms with Crippen LogP contribution in [0.1, 0.15) is 55.0 Å². The Morgan fingerprint density at radius 1 is 0.606 bits per heavy atom. The van der Waals surface area contributed by atoms with Crippen molar-refractivity contribution in [3.8, 4) is 0 Å². The highest BCUT2D eigenvalue weighted by Crippen LogP contribution is 2.20. The number of benzene rings is 3. The van der Waals surface area contributed by atoms with Crippen LogP contribution in [-0.4, -0.2) is 117 Å². The van der Waals surface area contributed by atoms with Gasteiger partial charge in [-0.1, -0.05) is 78.9 Å². The molecule has 2 aromatic heterocycles. The molecule has 5 aromatic rings. The topological polar surface area (TPSA) is 356 Å². The molecule has 22 heteroatoms. The molecule has 8 amide bonds. The summed E-state index contributed by atoms with van der Waals surface area (Å²) < 4.78 is 0. The maximum Gasteiger partial charge on any atom is 0.243 e. The van der Waals surface area contributed by atoms with Crippen LogP contribution in [0.5, 0.6) is 0 Å². The number of nitrogens with two attached hydrogens (primary N) is 3. The predicted molar refractivity (Wildman–Crippen MR) is 262 cm³/mol. The van der Waals surface area contributed by atoms with Crippen molar-refractivity contribution >= 4 is 64.1 Å². The highest BCUT2D eigenvalue weighted by atomic mass is 16.2. The van der Waals surface area contributed by atoms with Gasteiger partial charge in [0, 0.05) is 67.6 Å². The second kappa shape index (κ2) is 25.2. The standard InChI is InChI=1S/C49H60N14O8/c1-28-43(66)60-37(21-29-11-4-2-5-12-29)46(69)59-35(42(50)65)18-19-41(64)58-36(17-10-20-54-49(51)52)44(67)62-39(23-31-25-55-34-16-9-8-15-33(31)34)48(71)61-38(22-30-13-6-3-7-14-30)47(70)63-40(45(68)57-28)24-32-26-53-27-56-32/h2-9,11-16,25-28,35-40,55H,10,17-24H2,1H3,(H2,50,65)(H,53,56)(H,57,68)(H,58,64)(H,59,69)(H,60,66)(H,61,71)(H,62,67)(H,63,70)(H4,51,52,54)/t28-,35-,36-,37-,38-,39-,40+/m0/s1. The minimum Gasteiger partial charge on any atom is -0.370 e. The first-order valence-corrected chi connectivity index (χ1v) is 23.2. The van der Waals surface area contributed by atoms with Gasteiger partial charge in [0.1, 0.15) is 42.3 Å². The lowest BCUT2D eigenvalue weighted by atomic mass is 10.0. The molecule has 0 unspecified atom stereocenters. The molecule has 6 rings (SSSR count). The van der Waals surface area contributed by atoms with Gasteiger partial charge in [-0.15, -0.1) is 0 Å². The number of rotatable bonds is 13. The molecule has 15 N–H and O–H groups in total. The number of nitrogens with one attached hydrogen (secondary N) is 9. The van der Waals surface area contributed by atoms with Gasteiger partial charge in [-0.2, -0.15) is 0 Å². The largest absolute Gasteiger partial charge is 0.370 e. The van der Waals surface area contributed by atoms with Crippen LogP contribution < -0.4 is 54.4 Å². The molecule has 0 radical (unpaired) electrons. The molecular formula is C49H60N14O8. The fourth-order valence-electron chi connectivity index (χ4n) is 8.04. The van der Waals surface area contributed by atoms with Gasteiger partial charge in [0.2, 0.25) is 47.3 Å². The zero-order chi connectivity index (χ0) is 50.9. The number of aromatic amines is 2. The van der Waals surface area contributed by atoms with Crippen molar-refractivity contribution in [2.75, 3.05) is 6.54 Å². The van der Waals surface area contributed by atoms with Gasteiger partial charge in [-0.05, 0) is 48.9 Å². The maximum absolute atomic E-state index is 14.7. The fraction of sp³-hybridized carbons (Fsp3) is 0.347. The minimum absolute atomic E-state index is 0.0100. The van der Waals surface area contributed by atoms with E-state index < -0.39 is 96.0 Å². The van der Waals surface area contributed by atoms with Gasteiger partial charge in [0.05, 0.1) is 6.33 Å². The Morgan fingerprint density at radius 2 is 1.14 bits per heavy atom. The highest BCUT2D eigenvalue weighted by Gasteiger charge is 2.35. The number of imidazole rings is 1. The summed E-state index contributed by atoms with van der Waals surface area (Å²) in [6.45, 7) is 1.48. The van der Waals surface area contributed by atoms with Gasteiger partial charge in [0.15, 0.2) is 5.96 Å². The number of guanidine groups is 1. The molecule has 0 bridgehead atoms. The third-order valence-electron chi connectivity index (χ3n) is 11.8. The van der Waals surface area contributed by atoms with Crippen molar-refractivity contribution in [1.29, 1.82) is 0 Å². The predicted octanol–water partition coefficient (Wildman–Crippen LogP) is -1.09. The number of aromatic nitrogens is 3. The Labute approximate surface area is 408 Å². The number of carbonyl (C=O) groups excluding carboxylic acids is 8. The Hall–Kier alpha value is -8.56. The van der Waals surface area contributed by atoms with Crippen LogP contribution in [0.25, 0.3) is 10.9 Å². The summed E-state index contributed by atoms with van der Waals surface area (Å²) in [5.74, 6) is -6.56. The van der Waals surface area contributed by atoms with E-state index in [1.807, 2.05) is 24.3 Å². The van der Waals surface area contributed by atoms with E-state index in [0.717, 1.165) is 10.9 Å². The van der Waals surface area contributed by atoms with Crippen LogP contribution in [-0.2, 0) is 64.0 Å². The Morgan fingerprint density at radius 3 is 1.73 bits per heavy atom. The molecule has 0 saturated carbocycles. The summed E-state index contributed by atoms with van der Waals surface area (Å²) in [7, 11) is 0. The number of nitrogens with zero attached hydrogens (tertiary/aromatic N) is 2. The Balaban J connectivity index is 1.39. The van der Waals surface area contributed by atoms with Crippen molar-refractivity contribution in [1.82, 2.24) is 52.2 Å². The second-order valence-corrected chi connectivity index (χ2v) is 17.3. The lowest BCUT2D eigenvalue weighted by Crippen LogP contribution is -2.60. The number of hydrogen-bond donors (Lipinski definition) is 12. The van der Waals surface area contributed by atoms with Crippen LogP contribution in [0.15, 0.2) is 109 Å². The smallest absolute Gasteiger partial charge is 0.243 e. The van der Waals surface area contributed by atoms with Crippen LogP contribution in [0.3, 0.4) is 0 Å². The summed E-state index contributed by atoms with van der Waals surface area (Å²) in [6, 6.07) is 15.6. The zero-order valence-electron chi connectivity index (χ0n) is 39.1. The van der Waals surface area contributed by atoms with Gasteiger partial charge >= 0.3 is 0 Å². The molecule has 1 aliphatic rings. The van der Waals surface area contributed by atoms with Crippen molar-refractivity contribution in [3.05, 3.63) is 126 Å². The average molecular weight is 973 g/mol. The number of primary amides is 1. The molecule has 1 saturated heterocycles. The molecule has 374 valence electrons. The van der Waals surface area contributed by atoms with E-state index in [4.69, 9.17) is 17.2 Å². The van der Waals surface area contributed by atoms with E-state index in [2.05, 4.69) is 57.2 Å². The first kappa shape index (κ1) is 51.8. The SMILES string of the molecule is C[C@@H]1NC(=O)[C@@H](Cc2cnc[nH]2)NC(=O)[C@H](Cc2ccccc2)NC(=O)[C@H](Cc2c[nH]c3ccccc23)NC(=O)[C@H](CCCN=C(N)N)NC(=O)CC[C@@H](C(N)=O)NC(=O)[C@H](Cc2ccccc2)NC1=O. The quantitative estimate of drug-likeness (QED) is 0.0382. The third-order valence-corrected chi connectivity index (χ3v) is 11.8. The van der Waals surface area contributed by atoms with Crippen molar-refractivity contribution in [2.45, 2.75) is 101 Å². The number of amides is 8. The summed E-state index contributed by atoms with van der Waals surface area (Å²) in [6.07, 6.45) is 3.75. The summed E-state index contributed by atoms with van der Waals surface area (Å²) in [5, 5.41) is 19.7. The average Bonchev–Trinajstić information content (AvgIpc) is 4.03. The highest BCUT2D eigenvalue weighted by molar-refractivity contribution is 5.98. The molecular weight excluding hydrogens is 913 g/mol. The monoisotopic (exact) mass is 972 g/mol. The number of fused-ring (bicyclic) bond motifs is 1. The van der Waals surface area contributed by atoms with Crippen molar-refractivity contribution in [2.24, 2.45) is 22.2 Å². The van der Waals surface area contributed by atoms with E-state index in [0.29, 0.717) is 22.4 Å². The molecule has 71 heavy (non-hydrogen) atoms. The normalized spacial score (nSPS) is 22.4. The number of aliphatic imine (C=N–C) groups is 1. The second-order valence-electron chi connectivity index (χ2n) is 17.3. The molecule has 0 spiro atoms. The molecule has 0 aliphatic carbocycles. The molecule has 3 heterocycles. The van der Waals surface area contributed by atoms with Gasteiger partial charge in [-0.3, -0.25) is 43.3 Å². The van der Waals surface area contributed by atoms with Crippen LogP contribution >= 0.6 is 0 Å². The number of H-pyrrole nitrogens is 2. The Bertz CT molecular complexity index is 2670.